The standard InChI is InChI=1S/C21H22N4O2S2/c1-3-5-15-8-10-16(11-9-15)19(27)13-28-21-25-24-20(29-21)23-18-7-4-6-17(12-18)22-14(2)26/h4,6-12H,3,5,13H2,1-2H3,(H,22,26)(H,23,24). The number of anilines is 3. The number of aromatic nitrogens is 2. The number of nitrogens with one attached hydrogen (secondary N) is 2. The van der Waals surface area contributed by atoms with E-state index in [2.05, 4.69) is 27.8 Å². The maximum atomic E-state index is 12.4. The first-order valence-electron chi connectivity index (χ1n) is 9.26. The van der Waals surface area contributed by atoms with Gasteiger partial charge in [-0.3, -0.25) is 9.59 Å². The molecule has 0 saturated heterocycles. The predicted molar refractivity (Wildman–Crippen MR) is 119 cm³/mol. The third kappa shape index (κ3) is 6.40. The molecule has 0 atom stereocenters. The number of ketones is 1. The highest BCUT2D eigenvalue weighted by molar-refractivity contribution is 8.01. The Morgan fingerprint density at radius 1 is 1.07 bits per heavy atom. The average Bonchev–Trinajstić information content (AvgIpc) is 3.14. The minimum Gasteiger partial charge on any atom is -0.330 e. The van der Waals surface area contributed by atoms with E-state index >= 15 is 0 Å². The Balaban J connectivity index is 1.55. The van der Waals surface area contributed by atoms with E-state index in [-0.39, 0.29) is 11.7 Å². The number of amides is 1. The molecule has 0 saturated carbocycles. The van der Waals surface area contributed by atoms with Gasteiger partial charge < -0.3 is 10.6 Å². The summed E-state index contributed by atoms with van der Waals surface area (Å²) < 4.78 is 0.724. The molecule has 0 radical (unpaired) electrons. The van der Waals surface area contributed by atoms with Crippen molar-refractivity contribution < 1.29 is 9.59 Å². The number of aryl methyl sites for hydroxylation is 1. The molecule has 29 heavy (non-hydrogen) atoms. The predicted octanol–water partition coefficient (Wildman–Crippen LogP) is 5.17. The lowest BCUT2D eigenvalue weighted by Crippen LogP contribution is -2.05. The van der Waals surface area contributed by atoms with Gasteiger partial charge in [0.15, 0.2) is 10.1 Å². The van der Waals surface area contributed by atoms with Crippen LogP contribution in [0.4, 0.5) is 16.5 Å². The van der Waals surface area contributed by atoms with Gasteiger partial charge in [-0.1, -0.05) is 66.8 Å². The van der Waals surface area contributed by atoms with Gasteiger partial charge >= 0.3 is 0 Å². The van der Waals surface area contributed by atoms with Crippen molar-refractivity contribution in [3.8, 4) is 0 Å². The van der Waals surface area contributed by atoms with Gasteiger partial charge in [-0.15, -0.1) is 10.2 Å². The van der Waals surface area contributed by atoms with Crippen molar-refractivity contribution in [3.05, 3.63) is 59.7 Å². The molecule has 0 spiro atoms. The molecule has 2 aromatic carbocycles. The largest absolute Gasteiger partial charge is 0.330 e. The van der Waals surface area contributed by atoms with Crippen LogP contribution in [0.3, 0.4) is 0 Å². The highest BCUT2D eigenvalue weighted by Crippen LogP contribution is 2.29. The lowest BCUT2D eigenvalue weighted by molar-refractivity contribution is -0.114. The van der Waals surface area contributed by atoms with Crippen LogP contribution < -0.4 is 10.6 Å². The minimum atomic E-state index is -0.124. The molecule has 150 valence electrons. The van der Waals surface area contributed by atoms with Crippen LogP contribution in [0.25, 0.3) is 0 Å². The summed E-state index contributed by atoms with van der Waals surface area (Å²) in [6.07, 6.45) is 2.12. The second kappa shape index (κ2) is 10.2. The van der Waals surface area contributed by atoms with E-state index < -0.39 is 0 Å². The number of nitrogens with zero attached hydrogens (tertiary/aromatic N) is 2. The number of hydrogen-bond acceptors (Lipinski definition) is 7. The van der Waals surface area contributed by atoms with E-state index in [4.69, 9.17) is 0 Å². The van der Waals surface area contributed by atoms with Crippen molar-refractivity contribution in [3.63, 3.8) is 0 Å². The Labute approximate surface area is 178 Å². The number of hydrogen-bond donors (Lipinski definition) is 2. The molecule has 3 aromatic rings. The van der Waals surface area contributed by atoms with Crippen LogP contribution in [0.5, 0.6) is 0 Å². The third-order valence-corrected chi connectivity index (χ3v) is 5.95. The zero-order chi connectivity index (χ0) is 20.6. The number of Topliss-reactive ketones (excluding diaryl/α,β-unsaturated/α-hetero) is 1. The lowest BCUT2D eigenvalue weighted by Gasteiger charge is -2.05. The van der Waals surface area contributed by atoms with Crippen LogP contribution in [0, 0.1) is 0 Å². The Morgan fingerprint density at radius 2 is 1.83 bits per heavy atom. The Bertz CT molecular complexity index is 986. The van der Waals surface area contributed by atoms with Gasteiger partial charge in [-0.05, 0) is 30.2 Å². The van der Waals surface area contributed by atoms with E-state index in [0.29, 0.717) is 16.6 Å². The molecule has 6 nitrogen and oxygen atoms in total. The first-order chi connectivity index (χ1) is 14.0. The molecule has 3 rings (SSSR count). The second-order valence-electron chi connectivity index (χ2n) is 6.42. The number of carbonyl (C=O) groups excluding carboxylic acids is 2. The lowest BCUT2D eigenvalue weighted by atomic mass is 10.1. The van der Waals surface area contributed by atoms with Crippen molar-refractivity contribution in [2.24, 2.45) is 0 Å². The van der Waals surface area contributed by atoms with E-state index in [0.717, 1.165) is 28.4 Å². The van der Waals surface area contributed by atoms with Crippen LogP contribution in [-0.4, -0.2) is 27.6 Å². The summed E-state index contributed by atoms with van der Waals surface area (Å²) in [6, 6.07) is 15.2. The van der Waals surface area contributed by atoms with Crippen LogP contribution in [-0.2, 0) is 11.2 Å². The van der Waals surface area contributed by atoms with Crippen molar-refractivity contribution >= 4 is 51.3 Å². The van der Waals surface area contributed by atoms with Crippen LogP contribution in [0.15, 0.2) is 52.9 Å². The maximum Gasteiger partial charge on any atom is 0.221 e. The minimum absolute atomic E-state index is 0.0748. The van der Waals surface area contributed by atoms with Gasteiger partial charge in [0.2, 0.25) is 11.0 Å². The first kappa shape index (κ1) is 21.0. The smallest absolute Gasteiger partial charge is 0.221 e. The van der Waals surface area contributed by atoms with Crippen molar-refractivity contribution in [2.45, 2.75) is 31.0 Å². The highest BCUT2D eigenvalue weighted by Gasteiger charge is 2.11. The van der Waals surface area contributed by atoms with E-state index in [1.165, 1.54) is 35.6 Å². The Kier molecular flexibility index (Phi) is 7.37. The molecule has 1 amide bonds. The molecule has 0 aliphatic carbocycles. The van der Waals surface area contributed by atoms with Gasteiger partial charge in [-0.2, -0.15) is 0 Å². The Morgan fingerprint density at radius 3 is 2.55 bits per heavy atom. The molecule has 2 N–H and O–H groups in total. The number of benzene rings is 2. The fourth-order valence-electron chi connectivity index (χ4n) is 2.68. The summed E-state index contributed by atoms with van der Waals surface area (Å²) in [5.41, 5.74) is 3.47. The fraction of sp³-hybridized carbons (Fsp3) is 0.238. The second-order valence-corrected chi connectivity index (χ2v) is 8.62. The third-order valence-electron chi connectivity index (χ3n) is 3.98. The topological polar surface area (TPSA) is 84.0 Å². The maximum absolute atomic E-state index is 12.4. The van der Waals surface area contributed by atoms with Gasteiger partial charge in [0.05, 0.1) is 5.75 Å². The fourth-order valence-corrected chi connectivity index (χ4v) is 4.34. The van der Waals surface area contributed by atoms with E-state index in [9.17, 15) is 9.59 Å². The molecule has 1 aromatic heterocycles. The molecule has 8 heteroatoms. The normalized spacial score (nSPS) is 10.6. The SMILES string of the molecule is CCCc1ccc(C(=O)CSc2nnc(Nc3cccc(NC(C)=O)c3)s2)cc1. The number of rotatable bonds is 9. The van der Waals surface area contributed by atoms with Crippen LogP contribution in [0.1, 0.15) is 36.2 Å². The van der Waals surface area contributed by atoms with Crippen LogP contribution in [0.2, 0.25) is 0 Å². The van der Waals surface area contributed by atoms with E-state index in [1.807, 2.05) is 48.5 Å². The van der Waals surface area contributed by atoms with Gasteiger partial charge in [0.1, 0.15) is 0 Å². The molecule has 0 aliphatic rings. The number of carbonyl (C=O) groups is 2. The van der Waals surface area contributed by atoms with Gasteiger partial charge in [0, 0.05) is 23.9 Å². The summed E-state index contributed by atoms with van der Waals surface area (Å²) in [4.78, 5) is 23.6. The first-order valence-corrected chi connectivity index (χ1v) is 11.1. The summed E-state index contributed by atoms with van der Waals surface area (Å²) in [6.45, 7) is 3.61. The zero-order valence-corrected chi connectivity index (χ0v) is 17.9. The highest BCUT2D eigenvalue weighted by atomic mass is 32.2. The van der Waals surface area contributed by atoms with Crippen molar-refractivity contribution in [1.29, 1.82) is 0 Å². The van der Waals surface area contributed by atoms with Crippen molar-refractivity contribution in [2.75, 3.05) is 16.4 Å². The van der Waals surface area contributed by atoms with Gasteiger partial charge in [-0.25, -0.2) is 0 Å². The van der Waals surface area contributed by atoms with E-state index in [1.54, 1.807) is 0 Å². The average molecular weight is 427 g/mol. The molecule has 0 bridgehead atoms. The Hall–Kier alpha value is -2.71. The molecular formula is C21H22N4O2S2. The number of thioether (sulfide) groups is 1. The van der Waals surface area contributed by atoms with Crippen molar-refractivity contribution in [1.82, 2.24) is 10.2 Å². The van der Waals surface area contributed by atoms with Gasteiger partial charge in [0.25, 0.3) is 0 Å². The van der Waals surface area contributed by atoms with Crippen LogP contribution >= 0.6 is 23.1 Å². The summed E-state index contributed by atoms with van der Waals surface area (Å²) in [7, 11) is 0. The molecule has 0 fully saturated rings. The summed E-state index contributed by atoms with van der Waals surface area (Å²) >= 11 is 2.76. The zero-order valence-electron chi connectivity index (χ0n) is 16.3. The molecular weight excluding hydrogens is 404 g/mol. The molecule has 1 heterocycles. The summed E-state index contributed by atoms with van der Waals surface area (Å²) in [5, 5.41) is 14.8. The summed E-state index contributed by atoms with van der Waals surface area (Å²) in [5.74, 6) is 0.270. The molecule has 0 unspecified atom stereocenters. The molecule has 0 aliphatic heterocycles. The quantitative estimate of drug-likeness (QED) is 0.363. The monoisotopic (exact) mass is 426 g/mol.